The van der Waals surface area contributed by atoms with Crippen LogP contribution in [0.25, 0.3) is 11.0 Å². The molecule has 1 aliphatic rings. The molecule has 7 heteroatoms. The number of aromatic amines is 1. The van der Waals surface area contributed by atoms with Crippen LogP contribution in [0.4, 0.5) is 5.82 Å². The Labute approximate surface area is 135 Å². The average molecular weight is 360 g/mol. The van der Waals surface area contributed by atoms with Crippen molar-refractivity contribution in [3.8, 4) is 0 Å². The van der Waals surface area contributed by atoms with Gasteiger partial charge in [-0.1, -0.05) is 28.1 Å². The number of morpholine rings is 1. The van der Waals surface area contributed by atoms with Gasteiger partial charge in [-0.3, -0.25) is 5.10 Å². The highest BCUT2D eigenvalue weighted by Gasteiger charge is 2.24. The Morgan fingerprint density at radius 1 is 1.23 bits per heavy atom. The van der Waals surface area contributed by atoms with Gasteiger partial charge in [-0.15, -0.1) is 0 Å². The van der Waals surface area contributed by atoms with Crippen LogP contribution in [0, 0.1) is 0 Å². The van der Waals surface area contributed by atoms with Gasteiger partial charge < -0.3 is 9.64 Å². The summed E-state index contributed by atoms with van der Waals surface area (Å²) in [5, 5.41) is 7.88. The molecule has 3 aromatic rings. The molecule has 1 aromatic carbocycles. The molecular formula is C15H14BrN5O. The van der Waals surface area contributed by atoms with Crippen LogP contribution in [-0.4, -0.2) is 39.9 Å². The van der Waals surface area contributed by atoms with Crippen molar-refractivity contribution in [3.05, 3.63) is 46.8 Å². The fourth-order valence-corrected chi connectivity index (χ4v) is 2.99. The Kier molecular flexibility index (Phi) is 3.51. The van der Waals surface area contributed by atoms with Crippen LogP contribution in [-0.2, 0) is 4.74 Å². The van der Waals surface area contributed by atoms with Gasteiger partial charge in [-0.2, -0.15) is 5.10 Å². The van der Waals surface area contributed by atoms with Gasteiger partial charge in [0.25, 0.3) is 0 Å². The number of hydrogen-bond donors (Lipinski definition) is 1. The molecule has 0 aliphatic carbocycles. The predicted molar refractivity (Wildman–Crippen MR) is 86.7 cm³/mol. The van der Waals surface area contributed by atoms with Crippen LogP contribution in [0.2, 0.25) is 0 Å². The van der Waals surface area contributed by atoms with Gasteiger partial charge in [-0.25, -0.2) is 9.97 Å². The summed E-state index contributed by atoms with van der Waals surface area (Å²) >= 11 is 3.46. The minimum Gasteiger partial charge on any atom is -0.370 e. The molecule has 1 aliphatic heterocycles. The minimum absolute atomic E-state index is 0.0405. The Balaban J connectivity index is 1.63. The van der Waals surface area contributed by atoms with Gasteiger partial charge in [0.15, 0.2) is 5.65 Å². The van der Waals surface area contributed by atoms with Crippen molar-refractivity contribution in [1.82, 2.24) is 20.2 Å². The Morgan fingerprint density at radius 2 is 2.09 bits per heavy atom. The van der Waals surface area contributed by atoms with Crippen LogP contribution in [0.1, 0.15) is 11.7 Å². The lowest BCUT2D eigenvalue weighted by Gasteiger charge is -2.34. The van der Waals surface area contributed by atoms with Crippen molar-refractivity contribution >= 4 is 32.8 Å². The topological polar surface area (TPSA) is 66.9 Å². The fraction of sp³-hybridized carbons (Fsp3) is 0.267. The average Bonchev–Trinajstić information content (AvgIpc) is 3.04. The summed E-state index contributed by atoms with van der Waals surface area (Å²) in [6.45, 7) is 2.24. The molecule has 112 valence electrons. The first-order valence-electron chi connectivity index (χ1n) is 7.07. The number of ether oxygens (including phenoxy) is 1. The van der Waals surface area contributed by atoms with E-state index in [1.54, 1.807) is 12.5 Å². The molecule has 0 amide bonds. The second-order valence-corrected chi connectivity index (χ2v) is 6.10. The first kappa shape index (κ1) is 13.7. The number of fused-ring (bicyclic) bond motifs is 1. The molecule has 0 spiro atoms. The number of rotatable bonds is 2. The Hall–Kier alpha value is -1.99. The van der Waals surface area contributed by atoms with Crippen molar-refractivity contribution in [2.45, 2.75) is 6.10 Å². The van der Waals surface area contributed by atoms with Crippen LogP contribution in [0.5, 0.6) is 0 Å². The molecule has 1 N–H and O–H groups in total. The number of H-pyrrole nitrogens is 1. The maximum absolute atomic E-state index is 5.93. The predicted octanol–water partition coefficient (Wildman–Crippen LogP) is 2.69. The molecule has 6 nitrogen and oxygen atoms in total. The van der Waals surface area contributed by atoms with E-state index in [0.29, 0.717) is 6.61 Å². The van der Waals surface area contributed by atoms with Crippen molar-refractivity contribution < 1.29 is 4.74 Å². The molecule has 1 saturated heterocycles. The smallest absolute Gasteiger partial charge is 0.160 e. The van der Waals surface area contributed by atoms with Crippen LogP contribution in [0.15, 0.2) is 41.3 Å². The molecule has 1 atom stereocenters. The van der Waals surface area contributed by atoms with E-state index >= 15 is 0 Å². The molecular weight excluding hydrogens is 346 g/mol. The molecule has 2 aromatic heterocycles. The lowest BCUT2D eigenvalue weighted by atomic mass is 10.1. The monoisotopic (exact) mass is 359 g/mol. The van der Waals surface area contributed by atoms with E-state index in [-0.39, 0.29) is 6.10 Å². The van der Waals surface area contributed by atoms with Crippen LogP contribution >= 0.6 is 15.9 Å². The van der Waals surface area contributed by atoms with Gasteiger partial charge in [-0.05, 0) is 17.7 Å². The van der Waals surface area contributed by atoms with Gasteiger partial charge in [0.1, 0.15) is 18.2 Å². The molecule has 1 fully saturated rings. The van der Waals surface area contributed by atoms with Gasteiger partial charge in [0.2, 0.25) is 0 Å². The second-order valence-electron chi connectivity index (χ2n) is 5.19. The quantitative estimate of drug-likeness (QED) is 0.761. The Morgan fingerprint density at radius 3 is 2.95 bits per heavy atom. The van der Waals surface area contributed by atoms with Crippen molar-refractivity contribution in [3.63, 3.8) is 0 Å². The highest BCUT2D eigenvalue weighted by Crippen LogP contribution is 2.28. The molecule has 3 heterocycles. The van der Waals surface area contributed by atoms with E-state index in [9.17, 15) is 0 Å². The summed E-state index contributed by atoms with van der Waals surface area (Å²) in [6, 6.07) is 8.25. The second kappa shape index (κ2) is 5.66. The van der Waals surface area contributed by atoms with Gasteiger partial charge in [0, 0.05) is 17.6 Å². The third-order valence-corrected chi connectivity index (χ3v) is 4.36. The normalized spacial score (nSPS) is 18.8. The fourth-order valence-electron chi connectivity index (χ4n) is 2.72. The van der Waals surface area contributed by atoms with E-state index in [2.05, 4.69) is 53.1 Å². The zero-order valence-electron chi connectivity index (χ0n) is 11.7. The third-order valence-electron chi connectivity index (χ3n) is 3.83. The first-order chi connectivity index (χ1) is 10.8. The van der Waals surface area contributed by atoms with E-state index < -0.39 is 0 Å². The molecule has 0 bridgehead atoms. The maximum Gasteiger partial charge on any atom is 0.160 e. The summed E-state index contributed by atoms with van der Waals surface area (Å²) in [4.78, 5) is 10.9. The summed E-state index contributed by atoms with van der Waals surface area (Å²) in [6.07, 6.45) is 3.38. The lowest BCUT2D eigenvalue weighted by molar-refractivity contribution is 0.0396. The molecule has 4 rings (SSSR count). The summed E-state index contributed by atoms with van der Waals surface area (Å²) in [7, 11) is 0. The number of benzene rings is 1. The van der Waals surface area contributed by atoms with Crippen molar-refractivity contribution in [2.75, 3.05) is 24.6 Å². The lowest BCUT2D eigenvalue weighted by Crippen LogP contribution is -2.39. The number of nitrogens with zero attached hydrogens (tertiary/aromatic N) is 4. The number of aromatic nitrogens is 4. The number of hydrogen-bond acceptors (Lipinski definition) is 5. The SMILES string of the molecule is Brc1ccc(C2CN(c3ncnc4[nH]ncc34)CCO2)cc1. The standard InChI is InChI=1S/C15H14BrN5O/c16-11-3-1-10(2-4-11)13-8-21(5-6-22-13)15-12-7-19-20-14(12)17-9-18-15/h1-4,7,9,13H,5-6,8H2,(H,17,18,19,20). The van der Waals surface area contributed by atoms with E-state index in [0.717, 1.165) is 34.4 Å². The summed E-state index contributed by atoms with van der Waals surface area (Å²) in [5.41, 5.74) is 1.93. The highest BCUT2D eigenvalue weighted by atomic mass is 79.9. The van der Waals surface area contributed by atoms with Crippen LogP contribution in [0.3, 0.4) is 0 Å². The molecule has 0 radical (unpaired) electrons. The number of nitrogens with one attached hydrogen (secondary N) is 1. The summed E-state index contributed by atoms with van der Waals surface area (Å²) in [5.74, 6) is 0.907. The molecule has 1 unspecified atom stereocenters. The zero-order valence-corrected chi connectivity index (χ0v) is 13.3. The molecule has 0 saturated carbocycles. The minimum atomic E-state index is 0.0405. The maximum atomic E-state index is 5.93. The molecule has 22 heavy (non-hydrogen) atoms. The van der Waals surface area contributed by atoms with Crippen molar-refractivity contribution in [1.29, 1.82) is 0 Å². The van der Waals surface area contributed by atoms with Crippen molar-refractivity contribution in [2.24, 2.45) is 0 Å². The third kappa shape index (κ3) is 2.46. The summed E-state index contributed by atoms with van der Waals surface area (Å²) < 4.78 is 6.99. The largest absolute Gasteiger partial charge is 0.370 e. The number of anilines is 1. The van der Waals surface area contributed by atoms with E-state index in [1.165, 1.54) is 5.56 Å². The van der Waals surface area contributed by atoms with Crippen LogP contribution < -0.4 is 4.90 Å². The highest BCUT2D eigenvalue weighted by molar-refractivity contribution is 9.10. The Bertz CT molecular complexity index is 788. The zero-order chi connectivity index (χ0) is 14.9. The number of halogens is 1. The first-order valence-corrected chi connectivity index (χ1v) is 7.86. The van der Waals surface area contributed by atoms with Gasteiger partial charge in [0.05, 0.1) is 18.2 Å². The van der Waals surface area contributed by atoms with E-state index in [4.69, 9.17) is 4.74 Å². The van der Waals surface area contributed by atoms with E-state index in [1.807, 2.05) is 12.1 Å². The van der Waals surface area contributed by atoms with Gasteiger partial charge >= 0.3 is 0 Å².